The summed E-state index contributed by atoms with van der Waals surface area (Å²) >= 11 is 0. The normalized spacial score (nSPS) is 36.3. The fraction of sp³-hybridized carbons (Fsp3) is 1.00. The number of aliphatic hydroxyl groups excluding tert-OH is 4. The molecule has 6 nitrogen and oxygen atoms in total. The van der Waals surface area contributed by atoms with Gasteiger partial charge in [0.15, 0.2) is 6.29 Å². The quantitative estimate of drug-likeness (QED) is 0.494. The molecule has 2 aliphatic rings. The van der Waals surface area contributed by atoms with Crippen molar-refractivity contribution in [1.29, 1.82) is 0 Å². The first-order valence-electron chi connectivity index (χ1n) is 9.05. The van der Waals surface area contributed by atoms with Gasteiger partial charge in [-0.05, 0) is 12.3 Å². The van der Waals surface area contributed by atoms with Crippen LogP contribution in [-0.4, -0.2) is 64.3 Å². The molecular weight excluding hydrogens is 300 g/mol. The monoisotopic (exact) mass is 332 g/mol. The number of ether oxygens (including phenoxy) is 2. The van der Waals surface area contributed by atoms with Crippen LogP contribution in [-0.2, 0) is 9.47 Å². The third-order valence-electron chi connectivity index (χ3n) is 5.11. The van der Waals surface area contributed by atoms with Crippen LogP contribution in [0.2, 0.25) is 0 Å². The van der Waals surface area contributed by atoms with Crippen molar-refractivity contribution in [1.82, 2.24) is 0 Å². The summed E-state index contributed by atoms with van der Waals surface area (Å²) in [6.07, 6.45) is 5.46. The highest BCUT2D eigenvalue weighted by atomic mass is 16.7. The average Bonchev–Trinajstić information content (AvgIpc) is 2.58. The van der Waals surface area contributed by atoms with E-state index in [-0.39, 0.29) is 0 Å². The standard InChI is InChI=1S/C17H32O6/c18-11-13-14(19)15(20)16(21)17(23-13)22-10-6-2-5-9-12-7-3-1-4-8-12/h12-21H,1-11H2/t13-,14-,15+,16-,17?/m1/s1. The van der Waals surface area contributed by atoms with Gasteiger partial charge in [-0.3, -0.25) is 0 Å². The third-order valence-corrected chi connectivity index (χ3v) is 5.11. The Hall–Kier alpha value is -0.240. The van der Waals surface area contributed by atoms with E-state index >= 15 is 0 Å². The number of aliphatic hydroxyl groups is 4. The Morgan fingerprint density at radius 1 is 0.870 bits per heavy atom. The van der Waals surface area contributed by atoms with E-state index in [2.05, 4.69) is 0 Å². The van der Waals surface area contributed by atoms with Gasteiger partial charge in [0.05, 0.1) is 6.61 Å². The largest absolute Gasteiger partial charge is 0.394 e. The zero-order valence-electron chi connectivity index (χ0n) is 13.8. The van der Waals surface area contributed by atoms with Crippen LogP contribution in [0.4, 0.5) is 0 Å². The minimum absolute atomic E-state index is 0.424. The highest BCUT2D eigenvalue weighted by Gasteiger charge is 2.43. The van der Waals surface area contributed by atoms with Crippen LogP contribution in [0.3, 0.4) is 0 Å². The molecule has 4 N–H and O–H groups in total. The van der Waals surface area contributed by atoms with Crippen molar-refractivity contribution in [3.05, 3.63) is 0 Å². The molecule has 1 unspecified atom stereocenters. The van der Waals surface area contributed by atoms with E-state index < -0.39 is 37.3 Å². The molecule has 2 fully saturated rings. The molecule has 1 saturated heterocycles. The average molecular weight is 332 g/mol. The van der Waals surface area contributed by atoms with Crippen molar-refractivity contribution in [3.63, 3.8) is 0 Å². The second kappa shape index (κ2) is 9.91. The van der Waals surface area contributed by atoms with Crippen LogP contribution in [0.25, 0.3) is 0 Å². The van der Waals surface area contributed by atoms with Gasteiger partial charge in [-0.2, -0.15) is 0 Å². The fourth-order valence-electron chi connectivity index (χ4n) is 3.59. The van der Waals surface area contributed by atoms with E-state index in [1.165, 1.54) is 44.9 Å². The molecule has 0 aromatic rings. The van der Waals surface area contributed by atoms with Crippen LogP contribution in [0.5, 0.6) is 0 Å². The molecule has 0 amide bonds. The maximum atomic E-state index is 9.85. The highest BCUT2D eigenvalue weighted by molar-refractivity contribution is 4.88. The second-order valence-corrected chi connectivity index (χ2v) is 6.92. The Morgan fingerprint density at radius 3 is 2.30 bits per heavy atom. The number of rotatable bonds is 8. The van der Waals surface area contributed by atoms with Crippen molar-refractivity contribution in [2.75, 3.05) is 13.2 Å². The molecule has 2 rings (SSSR count). The van der Waals surface area contributed by atoms with Gasteiger partial charge in [-0.1, -0.05) is 51.4 Å². The van der Waals surface area contributed by atoms with E-state index in [9.17, 15) is 15.3 Å². The molecule has 6 heteroatoms. The van der Waals surface area contributed by atoms with Gasteiger partial charge in [0.1, 0.15) is 24.4 Å². The molecule has 0 aromatic carbocycles. The maximum Gasteiger partial charge on any atom is 0.186 e. The smallest absolute Gasteiger partial charge is 0.186 e. The van der Waals surface area contributed by atoms with E-state index in [1.807, 2.05) is 0 Å². The molecule has 5 atom stereocenters. The summed E-state index contributed by atoms with van der Waals surface area (Å²) < 4.78 is 10.8. The van der Waals surface area contributed by atoms with Gasteiger partial charge in [0, 0.05) is 6.61 Å². The van der Waals surface area contributed by atoms with E-state index in [4.69, 9.17) is 14.6 Å². The molecule has 0 bridgehead atoms. The predicted molar refractivity (Wildman–Crippen MR) is 84.8 cm³/mol. The van der Waals surface area contributed by atoms with Crippen LogP contribution in [0.15, 0.2) is 0 Å². The number of unbranched alkanes of at least 4 members (excludes halogenated alkanes) is 2. The van der Waals surface area contributed by atoms with Crippen molar-refractivity contribution in [3.8, 4) is 0 Å². The molecule has 1 saturated carbocycles. The topological polar surface area (TPSA) is 99.4 Å². The molecule has 1 aliphatic heterocycles. The maximum absolute atomic E-state index is 9.85. The molecule has 0 spiro atoms. The van der Waals surface area contributed by atoms with Gasteiger partial charge in [-0.15, -0.1) is 0 Å². The van der Waals surface area contributed by atoms with Crippen LogP contribution >= 0.6 is 0 Å². The molecular formula is C17H32O6. The van der Waals surface area contributed by atoms with Crippen molar-refractivity contribution < 1.29 is 29.9 Å². The van der Waals surface area contributed by atoms with Crippen LogP contribution in [0, 0.1) is 5.92 Å². The summed E-state index contributed by atoms with van der Waals surface area (Å²) in [5.41, 5.74) is 0. The lowest BCUT2D eigenvalue weighted by Crippen LogP contribution is -2.59. The summed E-state index contributed by atoms with van der Waals surface area (Å²) in [6.45, 7) is 0.0134. The summed E-state index contributed by atoms with van der Waals surface area (Å²) in [5.74, 6) is 0.898. The summed E-state index contributed by atoms with van der Waals surface area (Å²) in [7, 11) is 0. The highest BCUT2D eigenvalue weighted by Crippen LogP contribution is 2.28. The Labute approximate surface area is 138 Å². The lowest BCUT2D eigenvalue weighted by molar-refractivity contribution is -0.301. The van der Waals surface area contributed by atoms with Crippen molar-refractivity contribution in [2.45, 2.75) is 88.5 Å². The Balaban J connectivity index is 1.57. The molecule has 0 aromatic heterocycles. The fourth-order valence-corrected chi connectivity index (χ4v) is 3.59. The number of hydrogen-bond donors (Lipinski definition) is 4. The lowest BCUT2D eigenvalue weighted by atomic mass is 9.86. The first-order valence-corrected chi connectivity index (χ1v) is 9.05. The number of hydrogen-bond acceptors (Lipinski definition) is 6. The summed E-state index contributed by atoms with van der Waals surface area (Å²) in [5, 5.41) is 38.3. The Bertz CT molecular complexity index is 318. The molecule has 1 heterocycles. The molecule has 0 radical (unpaired) electrons. The van der Waals surface area contributed by atoms with Gasteiger partial charge in [-0.25, -0.2) is 0 Å². The van der Waals surface area contributed by atoms with E-state index in [1.54, 1.807) is 0 Å². The SMILES string of the molecule is OC[C@H]1OC(OCCCCCC2CCCCC2)[C@H](O)[C@@H](O)[C@@H]1O. The second-order valence-electron chi connectivity index (χ2n) is 6.92. The predicted octanol–water partition coefficient (Wildman–Crippen LogP) is 0.944. The van der Waals surface area contributed by atoms with Crippen molar-refractivity contribution >= 4 is 0 Å². The van der Waals surface area contributed by atoms with Gasteiger partial charge < -0.3 is 29.9 Å². The van der Waals surface area contributed by atoms with Crippen LogP contribution < -0.4 is 0 Å². The minimum Gasteiger partial charge on any atom is -0.394 e. The first kappa shape index (κ1) is 19.1. The Kier molecular flexibility index (Phi) is 8.23. The zero-order valence-corrected chi connectivity index (χ0v) is 13.8. The summed E-state index contributed by atoms with van der Waals surface area (Å²) in [6, 6.07) is 0. The van der Waals surface area contributed by atoms with Gasteiger partial charge in [0.25, 0.3) is 0 Å². The van der Waals surface area contributed by atoms with Gasteiger partial charge >= 0.3 is 0 Å². The van der Waals surface area contributed by atoms with Crippen molar-refractivity contribution in [2.24, 2.45) is 5.92 Å². The third kappa shape index (κ3) is 5.66. The molecule has 1 aliphatic carbocycles. The lowest BCUT2D eigenvalue weighted by Gasteiger charge is -2.39. The molecule has 23 heavy (non-hydrogen) atoms. The van der Waals surface area contributed by atoms with Gasteiger partial charge in [0.2, 0.25) is 0 Å². The zero-order chi connectivity index (χ0) is 16.7. The Morgan fingerprint density at radius 2 is 1.61 bits per heavy atom. The van der Waals surface area contributed by atoms with E-state index in [0.717, 1.165) is 18.8 Å². The van der Waals surface area contributed by atoms with E-state index in [0.29, 0.717) is 6.61 Å². The minimum atomic E-state index is -1.36. The molecule has 136 valence electrons. The first-order chi connectivity index (χ1) is 11.1. The summed E-state index contributed by atoms with van der Waals surface area (Å²) in [4.78, 5) is 0. The van der Waals surface area contributed by atoms with Crippen LogP contribution in [0.1, 0.15) is 57.8 Å².